The molecule has 0 aliphatic carbocycles. The van der Waals surface area contributed by atoms with E-state index in [-0.39, 0.29) is 11.9 Å². The van der Waals surface area contributed by atoms with E-state index in [1.807, 2.05) is 0 Å². The third kappa shape index (κ3) is 7.48. The maximum absolute atomic E-state index is 9.68. The van der Waals surface area contributed by atoms with Crippen molar-refractivity contribution >= 4 is 13.5 Å². The Kier molecular flexibility index (Phi) is 2.15. The van der Waals surface area contributed by atoms with Gasteiger partial charge in [-0.15, -0.1) is 0 Å². The van der Waals surface area contributed by atoms with Gasteiger partial charge in [-0.3, -0.25) is 0 Å². The van der Waals surface area contributed by atoms with Crippen molar-refractivity contribution in [2.24, 2.45) is 0 Å². The molecule has 10 heavy (non-hydrogen) atoms. The molecular formula is C3H7O6P. The van der Waals surface area contributed by atoms with Gasteiger partial charge in [0.05, 0.1) is 0 Å². The second-order valence-electron chi connectivity index (χ2n) is 1.65. The summed E-state index contributed by atoms with van der Waals surface area (Å²) in [5.41, 5.74) is 0. The van der Waals surface area contributed by atoms with Crippen LogP contribution in [0.2, 0.25) is 0 Å². The molecule has 0 saturated heterocycles. The van der Waals surface area contributed by atoms with Gasteiger partial charge >= 0.3 is 54.8 Å². The predicted octanol–water partition coefficient (Wildman–Crippen LogP) is -1.23. The molecule has 0 aromatic heterocycles. The summed E-state index contributed by atoms with van der Waals surface area (Å²) in [6.07, 6.45) is 0.234. The van der Waals surface area contributed by atoms with Gasteiger partial charge in [-0.2, -0.15) is 0 Å². The van der Waals surface area contributed by atoms with Crippen LogP contribution in [0.4, 0.5) is 0 Å². The molecule has 0 radical (unpaired) electrons. The predicted molar refractivity (Wildman–Crippen MR) is 32.6 cm³/mol. The van der Waals surface area contributed by atoms with Gasteiger partial charge < -0.3 is 0 Å². The summed E-state index contributed by atoms with van der Waals surface area (Å²) in [4.78, 5) is 42.4. The molecule has 0 bridgehead atoms. The molecule has 5 N–H and O–H groups in total. The van der Waals surface area contributed by atoms with Crippen LogP contribution in [-0.2, 0) is 4.79 Å². The SMILES string of the molecule is O=C(O)/C=C/P(O)(O)(O)O. The monoisotopic (exact) mass is 170 g/mol. The quantitative estimate of drug-likeness (QED) is 0.261. The van der Waals surface area contributed by atoms with Gasteiger partial charge in [0.25, 0.3) is 0 Å². The van der Waals surface area contributed by atoms with Gasteiger partial charge in [0.2, 0.25) is 0 Å². The number of carboxylic acid groups (broad SMARTS) is 1. The van der Waals surface area contributed by atoms with Crippen LogP contribution in [-0.4, -0.2) is 30.6 Å². The molecular weight excluding hydrogens is 163 g/mol. The van der Waals surface area contributed by atoms with Gasteiger partial charge in [-0.1, -0.05) is 0 Å². The summed E-state index contributed by atoms with van der Waals surface area (Å²) in [6.45, 7) is 0. The third-order valence-corrected chi connectivity index (χ3v) is 1.17. The molecule has 0 spiro atoms. The summed E-state index contributed by atoms with van der Waals surface area (Å²) < 4.78 is 0. The Morgan fingerprint density at radius 3 is 1.70 bits per heavy atom. The van der Waals surface area contributed by atoms with Crippen molar-refractivity contribution < 1.29 is 29.5 Å². The molecule has 0 amide bonds. The Morgan fingerprint density at radius 2 is 1.60 bits per heavy atom. The maximum atomic E-state index is 9.68. The van der Waals surface area contributed by atoms with Crippen molar-refractivity contribution in [2.45, 2.75) is 0 Å². The van der Waals surface area contributed by atoms with E-state index in [4.69, 9.17) is 24.7 Å². The molecule has 0 rings (SSSR count). The first-order valence-corrected chi connectivity index (χ1v) is 4.22. The number of hydrogen-bond acceptors (Lipinski definition) is 5. The van der Waals surface area contributed by atoms with Crippen LogP contribution in [0, 0.1) is 0 Å². The van der Waals surface area contributed by atoms with Crippen LogP contribution < -0.4 is 0 Å². The zero-order valence-electron chi connectivity index (χ0n) is 4.75. The summed E-state index contributed by atoms with van der Waals surface area (Å²) >= 11 is 0. The fraction of sp³-hybridized carbons (Fsp3) is 0. The van der Waals surface area contributed by atoms with Crippen molar-refractivity contribution in [3.05, 3.63) is 11.9 Å². The Balaban J connectivity index is 4.29. The first-order valence-electron chi connectivity index (χ1n) is 2.11. The van der Waals surface area contributed by atoms with Crippen molar-refractivity contribution in [1.82, 2.24) is 0 Å². The number of carbonyl (C=O) groups is 1. The molecule has 0 aromatic carbocycles. The van der Waals surface area contributed by atoms with E-state index < -0.39 is 13.5 Å². The fourth-order valence-electron chi connectivity index (χ4n) is 0.197. The molecule has 0 aromatic rings. The van der Waals surface area contributed by atoms with E-state index >= 15 is 0 Å². The molecule has 0 aliphatic rings. The standard InChI is InChI=1S/C3H7O6P/c4-3(5)1-2-10(6,7,8)9/h1-2,6-9H,(H,4,5)/b2-1+. The van der Waals surface area contributed by atoms with Crippen LogP contribution in [0.1, 0.15) is 0 Å². The molecule has 0 saturated carbocycles. The number of rotatable bonds is 2. The number of hydrogen-bond donors (Lipinski definition) is 5. The first kappa shape index (κ1) is 9.48. The second-order valence-corrected chi connectivity index (χ2v) is 3.95. The first-order chi connectivity index (χ1) is 4.17. The molecule has 0 heterocycles. The Labute approximate surface area is 55.9 Å². The normalized spacial score (nSPS) is 16.6. The average Bonchev–Trinajstić information content (AvgIpc) is 1.57. The minimum absolute atomic E-state index is 0.0356. The van der Waals surface area contributed by atoms with Gasteiger partial charge in [0.15, 0.2) is 0 Å². The third-order valence-electron chi connectivity index (χ3n) is 0.484. The van der Waals surface area contributed by atoms with Crippen molar-refractivity contribution in [2.75, 3.05) is 0 Å². The van der Waals surface area contributed by atoms with Crippen molar-refractivity contribution in [3.8, 4) is 0 Å². The summed E-state index contributed by atoms with van der Waals surface area (Å²) in [5, 5.41) is 7.88. The molecule has 60 valence electrons. The fourth-order valence-corrected chi connectivity index (χ4v) is 0.591. The molecule has 0 fully saturated rings. The molecule has 7 heteroatoms. The summed E-state index contributed by atoms with van der Waals surface area (Å²) in [6, 6.07) is 0. The van der Waals surface area contributed by atoms with Crippen LogP contribution >= 0.6 is 7.51 Å². The molecule has 0 aliphatic heterocycles. The van der Waals surface area contributed by atoms with E-state index in [1.54, 1.807) is 0 Å². The van der Waals surface area contributed by atoms with Gasteiger partial charge in [0, 0.05) is 0 Å². The average molecular weight is 170 g/mol. The Morgan fingerprint density at radius 1 is 1.20 bits per heavy atom. The Bertz CT molecular complexity index is 166. The van der Waals surface area contributed by atoms with Crippen molar-refractivity contribution in [3.63, 3.8) is 0 Å². The van der Waals surface area contributed by atoms with Crippen LogP contribution in [0.15, 0.2) is 11.9 Å². The van der Waals surface area contributed by atoms with Crippen LogP contribution in [0.25, 0.3) is 0 Å². The second kappa shape index (κ2) is 2.26. The number of carboxylic acids is 1. The topological polar surface area (TPSA) is 118 Å². The Hall–Kier alpha value is -0.520. The van der Waals surface area contributed by atoms with E-state index in [9.17, 15) is 4.79 Å². The van der Waals surface area contributed by atoms with Crippen molar-refractivity contribution in [1.29, 1.82) is 0 Å². The van der Waals surface area contributed by atoms with E-state index in [2.05, 4.69) is 0 Å². The number of aliphatic carboxylic acids is 1. The zero-order chi connectivity index (χ0) is 8.44. The van der Waals surface area contributed by atoms with E-state index in [1.165, 1.54) is 0 Å². The molecule has 6 nitrogen and oxygen atoms in total. The van der Waals surface area contributed by atoms with Crippen LogP contribution in [0.3, 0.4) is 0 Å². The summed E-state index contributed by atoms with van der Waals surface area (Å²) in [5.74, 6) is -1.46. The summed E-state index contributed by atoms with van der Waals surface area (Å²) in [7, 11) is -5.73. The van der Waals surface area contributed by atoms with Gasteiger partial charge in [-0.25, -0.2) is 0 Å². The van der Waals surface area contributed by atoms with Gasteiger partial charge in [-0.05, 0) is 0 Å². The molecule has 0 unspecified atom stereocenters. The van der Waals surface area contributed by atoms with Gasteiger partial charge in [0.1, 0.15) is 0 Å². The zero-order valence-corrected chi connectivity index (χ0v) is 5.64. The molecule has 0 atom stereocenters. The minimum atomic E-state index is -5.73. The van der Waals surface area contributed by atoms with E-state index in [0.29, 0.717) is 0 Å². The van der Waals surface area contributed by atoms with E-state index in [0.717, 1.165) is 0 Å². The van der Waals surface area contributed by atoms with Crippen LogP contribution in [0.5, 0.6) is 0 Å².